The van der Waals surface area contributed by atoms with Crippen LogP contribution in [0.2, 0.25) is 0 Å². The van der Waals surface area contributed by atoms with Gasteiger partial charge in [-0.2, -0.15) is 0 Å². The first-order valence-corrected chi connectivity index (χ1v) is 14.3. The van der Waals surface area contributed by atoms with Crippen molar-refractivity contribution in [1.29, 1.82) is 0 Å². The molecule has 0 fully saturated rings. The summed E-state index contributed by atoms with van der Waals surface area (Å²) >= 11 is 0. The molecule has 0 aliphatic carbocycles. The molecule has 8 aromatic rings. The van der Waals surface area contributed by atoms with Gasteiger partial charge in [-0.25, -0.2) is 0 Å². The van der Waals surface area contributed by atoms with Gasteiger partial charge in [-0.15, -0.1) is 47.0 Å². The minimum absolute atomic E-state index is 0. The van der Waals surface area contributed by atoms with E-state index in [1.807, 2.05) is 60.7 Å². The van der Waals surface area contributed by atoms with Crippen LogP contribution in [0.4, 0.5) is 0 Å². The molecule has 0 N–H and O–H groups in total. The van der Waals surface area contributed by atoms with Crippen LogP contribution in [0.1, 0.15) is 48.4 Å². The van der Waals surface area contributed by atoms with Gasteiger partial charge >= 0.3 is 0 Å². The second kappa shape index (κ2) is 13.5. The van der Waals surface area contributed by atoms with Crippen molar-refractivity contribution in [3.8, 4) is 33.6 Å². The van der Waals surface area contributed by atoms with E-state index < -0.39 is 34.3 Å². The second-order valence-electron chi connectivity index (χ2n) is 10.6. The zero-order chi connectivity index (χ0) is 44.3. The fourth-order valence-electron chi connectivity index (χ4n) is 5.38. The predicted molar refractivity (Wildman–Crippen MR) is 191 cm³/mol. The number of aromatic nitrogens is 2. The standard InChI is InChI=1S/C24H18NO.C19H16N.Ir/c1-14-8-10-19(21-12-15(2)16(3)13-25-21)24-22(14)20-11-9-17-6-4-5-7-18(17)23(20)26-24;1-14-8-11-19(20-13-14)17-10-9-15(2)18(12-17)16-6-4-3-5-7-16;/h4-9,11-13H,1-3H3;3-9,11-13H,1-2H3;/q2*-1;/i1D3,2D3,3D3;1D3,2D3;. The summed E-state index contributed by atoms with van der Waals surface area (Å²) in [6.45, 7) is -12.3. The Balaban J connectivity index is 0.000000213. The number of rotatable bonds is 3. The topological polar surface area (TPSA) is 38.9 Å². The third kappa shape index (κ3) is 6.27. The third-order valence-corrected chi connectivity index (χ3v) is 7.67. The van der Waals surface area contributed by atoms with Crippen molar-refractivity contribution in [3.63, 3.8) is 0 Å². The molecule has 5 aromatic carbocycles. The fraction of sp³-hybridized carbons (Fsp3) is 0.116. The Labute approximate surface area is 310 Å². The fourth-order valence-corrected chi connectivity index (χ4v) is 5.38. The minimum Gasteiger partial charge on any atom is -0.500 e. The number of nitrogens with zero attached hydrogens (tertiary/aromatic N) is 2. The Kier molecular flexibility index (Phi) is 5.28. The Hall–Kier alpha value is -4.89. The maximum absolute atomic E-state index is 8.04. The number of furan rings is 1. The van der Waals surface area contributed by atoms with Crippen molar-refractivity contribution >= 4 is 32.7 Å². The Morgan fingerprint density at radius 3 is 2.19 bits per heavy atom. The van der Waals surface area contributed by atoms with Gasteiger partial charge in [0.2, 0.25) is 0 Å². The van der Waals surface area contributed by atoms with Crippen molar-refractivity contribution in [2.75, 3.05) is 0 Å². The van der Waals surface area contributed by atoms with Crippen LogP contribution in [0.25, 0.3) is 66.4 Å². The summed E-state index contributed by atoms with van der Waals surface area (Å²) in [6.07, 6.45) is 2.34. The first-order chi connectivity index (χ1) is 28.4. The average Bonchev–Trinajstić information content (AvgIpc) is 3.59. The molecular weight excluding hydrogens is 753 g/mol. The molecule has 0 bridgehead atoms. The van der Waals surface area contributed by atoms with Gasteiger partial charge in [-0.1, -0.05) is 121 Å². The quantitative estimate of drug-likeness (QED) is 0.167. The van der Waals surface area contributed by atoms with Gasteiger partial charge in [0.25, 0.3) is 0 Å². The van der Waals surface area contributed by atoms with Gasteiger partial charge in [0.1, 0.15) is 5.58 Å². The molecular formula is C43H34IrN2O-2. The van der Waals surface area contributed by atoms with Crippen molar-refractivity contribution in [3.05, 3.63) is 155 Å². The van der Waals surface area contributed by atoms with E-state index in [0.717, 1.165) is 22.5 Å². The predicted octanol–water partition coefficient (Wildman–Crippen LogP) is 11.4. The molecule has 1 radical (unpaired) electrons. The molecule has 0 unspecified atom stereocenters. The smallest absolute Gasteiger partial charge is 0.128 e. The average molecular weight is 802 g/mol. The molecule has 0 saturated heterocycles. The Morgan fingerprint density at radius 1 is 0.617 bits per heavy atom. The molecule has 0 aliphatic heterocycles. The Morgan fingerprint density at radius 2 is 1.40 bits per heavy atom. The van der Waals surface area contributed by atoms with E-state index >= 15 is 0 Å². The minimum atomic E-state index is -2.71. The van der Waals surface area contributed by atoms with E-state index in [2.05, 4.69) is 22.1 Å². The molecule has 0 amide bonds. The van der Waals surface area contributed by atoms with E-state index in [4.69, 9.17) is 25.0 Å². The van der Waals surface area contributed by atoms with Gasteiger partial charge in [-0.05, 0) is 54.0 Å². The normalized spacial score (nSPS) is 17.0. The van der Waals surface area contributed by atoms with E-state index in [1.165, 1.54) is 30.5 Å². The summed E-state index contributed by atoms with van der Waals surface area (Å²) in [4.78, 5) is 8.43. The van der Waals surface area contributed by atoms with Crippen LogP contribution in [0.3, 0.4) is 0 Å². The molecule has 3 nitrogen and oxygen atoms in total. The van der Waals surface area contributed by atoms with Crippen LogP contribution in [-0.2, 0) is 20.1 Å². The van der Waals surface area contributed by atoms with E-state index in [0.29, 0.717) is 33.2 Å². The van der Waals surface area contributed by atoms with Crippen molar-refractivity contribution in [2.45, 2.75) is 34.3 Å². The van der Waals surface area contributed by atoms with Gasteiger partial charge in [0.05, 0.1) is 5.58 Å². The van der Waals surface area contributed by atoms with Gasteiger partial charge in [-0.3, -0.25) is 0 Å². The first kappa shape index (κ1) is 18.4. The summed E-state index contributed by atoms with van der Waals surface area (Å²) in [6, 6.07) is 35.1. The summed E-state index contributed by atoms with van der Waals surface area (Å²) in [5, 5.41) is 2.65. The van der Waals surface area contributed by atoms with Gasteiger partial charge in [0.15, 0.2) is 0 Å². The van der Waals surface area contributed by atoms with Gasteiger partial charge < -0.3 is 14.4 Å². The summed E-state index contributed by atoms with van der Waals surface area (Å²) in [5.74, 6) is 0. The largest absolute Gasteiger partial charge is 0.500 e. The van der Waals surface area contributed by atoms with Crippen molar-refractivity contribution in [2.24, 2.45) is 0 Å². The summed E-state index contributed by atoms with van der Waals surface area (Å²) in [5.41, 5.74) is 3.24. The molecule has 0 spiro atoms. The van der Waals surface area contributed by atoms with Crippen LogP contribution in [-0.4, -0.2) is 9.97 Å². The number of hydrogen-bond donors (Lipinski definition) is 0. The van der Waals surface area contributed by atoms with Crippen LogP contribution in [0.5, 0.6) is 0 Å². The molecule has 233 valence electrons. The number of aryl methyl sites for hydroxylation is 5. The number of hydrogen-bond acceptors (Lipinski definition) is 3. The van der Waals surface area contributed by atoms with Crippen molar-refractivity contribution < 1.29 is 45.1 Å². The third-order valence-electron chi connectivity index (χ3n) is 7.67. The number of pyridine rings is 2. The zero-order valence-electron chi connectivity index (χ0n) is 39.6. The van der Waals surface area contributed by atoms with Crippen LogP contribution < -0.4 is 0 Å². The SMILES string of the molecule is [2H]C([2H])([2H])c1ccc(-c2[c-]cc(C([2H])([2H])[2H])c(-c3ccccc3)c2)nc1.[2H]C([2H])([2H])c1cnc(-c2[c-]cc(C([2H])([2H])[2H])c3c2oc2c4ccccc4ccc23)cc1C([2H])([2H])[2H].[Ir]. The van der Waals surface area contributed by atoms with Gasteiger partial charge in [0, 0.05) is 63.8 Å². The monoisotopic (exact) mass is 802 g/mol. The molecule has 0 atom stereocenters. The van der Waals surface area contributed by atoms with Crippen LogP contribution in [0, 0.1) is 46.4 Å². The van der Waals surface area contributed by atoms with E-state index in [-0.39, 0.29) is 64.8 Å². The maximum Gasteiger partial charge on any atom is 0.128 e. The molecule has 3 heterocycles. The van der Waals surface area contributed by atoms with E-state index in [1.54, 1.807) is 18.2 Å². The molecule has 47 heavy (non-hydrogen) atoms. The molecule has 8 rings (SSSR count). The summed E-state index contributed by atoms with van der Waals surface area (Å²) in [7, 11) is 0. The zero-order valence-corrected chi connectivity index (χ0v) is 27.0. The number of benzene rings is 5. The van der Waals surface area contributed by atoms with Crippen LogP contribution in [0.15, 0.2) is 120 Å². The number of fused-ring (bicyclic) bond motifs is 5. The molecule has 0 aliphatic rings. The molecule has 3 aromatic heterocycles. The van der Waals surface area contributed by atoms with Crippen LogP contribution >= 0.6 is 0 Å². The van der Waals surface area contributed by atoms with E-state index in [9.17, 15) is 0 Å². The summed E-state index contributed by atoms with van der Waals surface area (Å²) < 4.78 is 123. The van der Waals surface area contributed by atoms with Crippen molar-refractivity contribution in [1.82, 2.24) is 9.97 Å². The maximum atomic E-state index is 8.04. The molecule has 4 heteroatoms. The molecule has 0 saturated carbocycles. The first-order valence-electron chi connectivity index (χ1n) is 21.8. The second-order valence-corrected chi connectivity index (χ2v) is 10.6. The Bertz CT molecular complexity index is 2900.